The van der Waals surface area contributed by atoms with Crippen LogP contribution in [-0.2, 0) is 0 Å². The third kappa shape index (κ3) is 6.07. The van der Waals surface area contributed by atoms with E-state index in [9.17, 15) is 0 Å². The van der Waals surface area contributed by atoms with Gasteiger partial charge in [-0.2, -0.15) is 0 Å². The lowest BCUT2D eigenvalue weighted by Gasteiger charge is -2.15. The lowest BCUT2D eigenvalue weighted by Crippen LogP contribution is -2.02. The second-order valence-corrected chi connectivity index (χ2v) is 16.5. The lowest BCUT2D eigenvalue weighted by atomic mass is 10.0. The summed E-state index contributed by atoms with van der Waals surface area (Å²) in [5.41, 5.74) is 13.8. The van der Waals surface area contributed by atoms with Crippen LogP contribution in [0.2, 0.25) is 0 Å². The van der Waals surface area contributed by atoms with E-state index >= 15 is 0 Å². The average Bonchev–Trinajstić information content (AvgIpc) is 4.06. The van der Waals surface area contributed by atoms with E-state index in [1.54, 1.807) is 0 Å². The van der Waals surface area contributed by atoms with E-state index in [1.165, 1.54) is 26.9 Å². The molecule has 0 amide bonds. The van der Waals surface area contributed by atoms with Crippen LogP contribution in [0.25, 0.3) is 117 Å². The van der Waals surface area contributed by atoms with E-state index < -0.39 is 0 Å². The predicted molar refractivity (Wildman–Crippen MR) is 267 cm³/mol. The first-order valence-electron chi connectivity index (χ1n) is 21.9. The molecule has 13 aromatic rings. The fourth-order valence-electron chi connectivity index (χ4n) is 9.73. The van der Waals surface area contributed by atoms with Crippen molar-refractivity contribution >= 4 is 54.5 Å². The molecule has 65 heavy (non-hydrogen) atoms. The van der Waals surface area contributed by atoms with Crippen molar-refractivity contribution in [1.29, 1.82) is 0 Å². The van der Waals surface area contributed by atoms with Crippen molar-refractivity contribution in [3.05, 3.63) is 231 Å². The second-order valence-electron chi connectivity index (χ2n) is 16.5. The van der Waals surface area contributed by atoms with Gasteiger partial charge in [0.05, 0.1) is 27.6 Å². The van der Waals surface area contributed by atoms with Gasteiger partial charge < -0.3 is 13.7 Å². The number of rotatable bonds is 7. The number of benzene rings is 9. The standard InChI is InChI=1S/C59H38N6/c1-6-18-39(19-7-1)43-34-44(59-61-57(40-20-8-2-9-21-40)60-58(62-59)41-22-10-3-11-23-41)36-47(35-43)65-54-38-53-42(32-33-63(53)45-24-12-4-13-25-45)37-50(54)48-30-31-52-55(56(48)65)49-28-16-17-29-51(49)64(52)46-26-14-5-15-27-46/h1-38H. The molecular weight excluding hydrogens is 793 g/mol. The highest BCUT2D eigenvalue weighted by atomic mass is 15.0. The summed E-state index contributed by atoms with van der Waals surface area (Å²) in [6, 6.07) is 79.5. The SMILES string of the molecule is c1ccc(-c2cc(-c3nc(-c4ccccc4)nc(-c4ccccc4)n3)cc(-n3c4cc5c(ccn5-c5ccccc5)cc4c4ccc5c(c6ccccc6n5-c5ccccc5)c43)c2)cc1. The first kappa shape index (κ1) is 36.8. The molecule has 0 atom stereocenters. The molecule has 0 aliphatic heterocycles. The number of hydrogen-bond acceptors (Lipinski definition) is 3. The zero-order valence-corrected chi connectivity index (χ0v) is 35.1. The lowest BCUT2D eigenvalue weighted by molar-refractivity contribution is 1.07. The van der Waals surface area contributed by atoms with E-state index in [4.69, 9.17) is 15.0 Å². The average molecular weight is 831 g/mol. The van der Waals surface area contributed by atoms with Crippen LogP contribution in [0.3, 0.4) is 0 Å². The third-order valence-electron chi connectivity index (χ3n) is 12.7. The summed E-state index contributed by atoms with van der Waals surface area (Å²) in [6.07, 6.45) is 2.18. The van der Waals surface area contributed by atoms with Gasteiger partial charge in [0.25, 0.3) is 0 Å². The Hall–Kier alpha value is -8.87. The van der Waals surface area contributed by atoms with Crippen LogP contribution in [0.5, 0.6) is 0 Å². The van der Waals surface area contributed by atoms with Gasteiger partial charge in [0.1, 0.15) is 0 Å². The summed E-state index contributed by atoms with van der Waals surface area (Å²) >= 11 is 0. The molecule has 0 saturated heterocycles. The van der Waals surface area contributed by atoms with Crippen molar-refractivity contribution in [3.63, 3.8) is 0 Å². The van der Waals surface area contributed by atoms with Crippen LogP contribution in [-0.4, -0.2) is 28.7 Å². The summed E-state index contributed by atoms with van der Waals surface area (Å²) in [7, 11) is 0. The van der Waals surface area contributed by atoms with Crippen LogP contribution >= 0.6 is 0 Å². The van der Waals surface area contributed by atoms with Crippen molar-refractivity contribution < 1.29 is 0 Å². The molecule has 304 valence electrons. The normalized spacial score (nSPS) is 11.7. The van der Waals surface area contributed by atoms with Crippen molar-refractivity contribution in [2.24, 2.45) is 0 Å². The molecule has 0 radical (unpaired) electrons. The summed E-state index contributed by atoms with van der Waals surface area (Å²) in [6.45, 7) is 0. The summed E-state index contributed by atoms with van der Waals surface area (Å²) < 4.78 is 7.18. The van der Waals surface area contributed by atoms with Crippen LogP contribution in [0, 0.1) is 0 Å². The van der Waals surface area contributed by atoms with E-state index in [0.717, 1.165) is 72.5 Å². The number of nitrogens with zero attached hydrogens (tertiary/aromatic N) is 6. The number of hydrogen-bond donors (Lipinski definition) is 0. The van der Waals surface area contributed by atoms with Crippen molar-refractivity contribution in [2.45, 2.75) is 0 Å². The molecular formula is C59H38N6. The Morgan fingerprint density at radius 1 is 0.292 bits per heavy atom. The molecule has 0 aliphatic carbocycles. The Kier molecular flexibility index (Phi) is 8.42. The van der Waals surface area contributed by atoms with Gasteiger partial charge in [-0.25, -0.2) is 15.0 Å². The molecule has 9 aromatic carbocycles. The van der Waals surface area contributed by atoms with E-state index in [2.05, 4.69) is 208 Å². The highest BCUT2D eigenvalue weighted by Crippen LogP contribution is 2.44. The van der Waals surface area contributed by atoms with Crippen LogP contribution in [0.1, 0.15) is 0 Å². The molecule has 0 unspecified atom stereocenters. The first-order chi connectivity index (χ1) is 32.2. The Morgan fingerprint density at radius 3 is 1.51 bits per heavy atom. The van der Waals surface area contributed by atoms with Crippen molar-refractivity contribution in [1.82, 2.24) is 28.7 Å². The van der Waals surface area contributed by atoms with Gasteiger partial charge in [0.15, 0.2) is 17.5 Å². The fraction of sp³-hybridized carbons (Fsp3) is 0. The Morgan fingerprint density at radius 2 is 0.846 bits per heavy atom. The van der Waals surface area contributed by atoms with Gasteiger partial charge in [0, 0.05) is 66.9 Å². The van der Waals surface area contributed by atoms with Crippen molar-refractivity contribution in [2.75, 3.05) is 0 Å². The van der Waals surface area contributed by atoms with Gasteiger partial charge in [-0.05, 0) is 83.9 Å². The molecule has 0 bridgehead atoms. The monoisotopic (exact) mass is 830 g/mol. The number of aromatic nitrogens is 6. The van der Waals surface area contributed by atoms with Gasteiger partial charge in [-0.3, -0.25) is 0 Å². The topological polar surface area (TPSA) is 53.5 Å². The highest BCUT2D eigenvalue weighted by Gasteiger charge is 2.23. The summed E-state index contributed by atoms with van der Waals surface area (Å²) in [5.74, 6) is 1.85. The Bertz CT molecular complexity index is 3850. The number of para-hydroxylation sites is 3. The van der Waals surface area contributed by atoms with Gasteiger partial charge in [-0.1, -0.05) is 152 Å². The molecule has 0 N–H and O–H groups in total. The second kappa shape index (κ2) is 14.9. The maximum atomic E-state index is 5.25. The minimum Gasteiger partial charge on any atom is -0.316 e. The molecule has 0 saturated carbocycles. The molecule has 6 nitrogen and oxygen atoms in total. The molecule has 0 spiro atoms. The largest absolute Gasteiger partial charge is 0.316 e. The maximum Gasteiger partial charge on any atom is 0.164 e. The van der Waals surface area contributed by atoms with Crippen LogP contribution < -0.4 is 0 Å². The smallest absolute Gasteiger partial charge is 0.164 e. The minimum absolute atomic E-state index is 0.601. The van der Waals surface area contributed by atoms with E-state index in [-0.39, 0.29) is 0 Å². The Labute approximate surface area is 374 Å². The summed E-state index contributed by atoms with van der Waals surface area (Å²) in [4.78, 5) is 15.5. The maximum absolute atomic E-state index is 5.25. The Balaban J connectivity index is 1.17. The zero-order chi connectivity index (χ0) is 42.8. The molecule has 4 heterocycles. The van der Waals surface area contributed by atoms with E-state index in [1.807, 2.05) is 36.4 Å². The minimum atomic E-state index is 0.601. The molecule has 0 fully saturated rings. The third-order valence-corrected chi connectivity index (χ3v) is 12.7. The fourth-order valence-corrected chi connectivity index (χ4v) is 9.73. The van der Waals surface area contributed by atoms with Crippen LogP contribution in [0.15, 0.2) is 231 Å². The first-order valence-corrected chi connectivity index (χ1v) is 21.9. The van der Waals surface area contributed by atoms with Gasteiger partial charge in [-0.15, -0.1) is 0 Å². The molecule has 4 aromatic heterocycles. The van der Waals surface area contributed by atoms with Crippen molar-refractivity contribution in [3.8, 4) is 62.4 Å². The number of fused-ring (bicyclic) bond motifs is 8. The summed E-state index contributed by atoms with van der Waals surface area (Å²) in [5, 5.41) is 5.93. The molecule has 6 heteroatoms. The highest BCUT2D eigenvalue weighted by molar-refractivity contribution is 6.27. The quantitative estimate of drug-likeness (QED) is 0.161. The van der Waals surface area contributed by atoms with E-state index in [0.29, 0.717) is 17.5 Å². The van der Waals surface area contributed by atoms with Gasteiger partial charge >= 0.3 is 0 Å². The van der Waals surface area contributed by atoms with Crippen LogP contribution in [0.4, 0.5) is 0 Å². The van der Waals surface area contributed by atoms with Gasteiger partial charge in [0.2, 0.25) is 0 Å². The zero-order valence-electron chi connectivity index (χ0n) is 35.1. The molecule has 0 aliphatic rings. The molecule has 13 rings (SSSR count). The predicted octanol–water partition coefficient (Wildman–Crippen LogP) is 14.7.